The van der Waals surface area contributed by atoms with E-state index in [9.17, 15) is 0 Å². The normalized spacial score (nSPS) is 21.7. The van der Waals surface area contributed by atoms with E-state index < -0.39 is 0 Å². The zero-order valence-electron chi connectivity index (χ0n) is 12.4. The summed E-state index contributed by atoms with van der Waals surface area (Å²) >= 11 is 12.5. The van der Waals surface area contributed by atoms with E-state index in [-0.39, 0.29) is 0 Å². The topological polar surface area (TPSA) is 42.5 Å². The molecule has 4 nitrogen and oxygen atoms in total. The molecule has 118 valence electrons. The molecule has 0 bridgehead atoms. The quantitative estimate of drug-likeness (QED) is 0.753. The van der Waals surface area contributed by atoms with Crippen LogP contribution in [0.5, 0.6) is 5.75 Å². The lowest BCUT2D eigenvalue weighted by atomic mass is 9.95. The average molecular weight is 333 g/mol. The lowest BCUT2D eigenvalue weighted by Gasteiger charge is -2.17. The van der Waals surface area contributed by atoms with Crippen LogP contribution in [0, 0.1) is 0 Å². The van der Waals surface area contributed by atoms with Gasteiger partial charge in [-0.2, -0.15) is 0 Å². The van der Waals surface area contributed by atoms with E-state index in [1.807, 2.05) is 6.07 Å². The van der Waals surface area contributed by atoms with Gasteiger partial charge in [-0.15, -0.1) is 0 Å². The summed E-state index contributed by atoms with van der Waals surface area (Å²) in [6, 6.07) is 4.08. The molecule has 0 unspecified atom stereocenters. The lowest BCUT2D eigenvalue weighted by molar-refractivity contribution is 0.198. The number of halogens is 2. The third kappa shape index (κ3) is 4.24. The van der Waals surface area contributed by atoms with Gasteiger partial charge in [-0.1, -0.05) is 23.2 Å². The van der Waals surface area contributed by atoms with Gasteiger partial charge in [0, 0.05) is 44.3 Å². The Hall–Kier alpha value is -0.520. The number of rotatable bonds is 7. The van der Waals surface area contributed by atoms with Crippen LogP contribution in [-0.4, -0.2) is 46.5 Å². The van der Waals surface area contributed by atoms with Crippen LogP contribution < -0.4 is 15.4 Å². The number of ether oxygens (including phenoxy) is 2. The molecule has 0 amide bonds. The Bertz CT molecular complexity index is 471. The minimum atomic E-state index is 0.320. The minimum Gasteiger partial charge on any atom is -0.496 e. The van der Waals surface area contributed by atoms with Gasteiger partial charge in [0.2, 0.25) is 0 Å². The van der Waals surface area contributed by atoms with E-state index >= 15 is 0 Å². The first-order valence-electron chi connectivity index (χ1n) is 7.12. The van der Waals surface area contributed by atoms with Crippen molar-refractivity contribution in [2.45, 2.75) is 18.4 Å². The van der Waals surface area contributed by atoms with Crippen LogP contribution in [0.1, 0.15) is 17.9 Å². The van der Waals surface area contributed by atoms with E-state index in [1.165, 1.54) is 0 Å². The van der Waals surface area contributed by atoms with E-state index in [2.05, 4.69) is 10.6 Å². The molecule has 0 saturated carbocycles. The summed E-state index contributed by atoms with van der Waals surface area (Å²) in [5.41, 5.74) is 1.01. The summed E-state index contributed by atoms with van der Waals surface area (Å²) in [6.45, 7) is 3.39. The van der Waals surface area contributed by atoms with Crippen LogP contribution in [0.3, 0.4) is 0 Å². The summed E-state index contributed by atoms with van der Waals surface area (Å²) < 4.78 is 10.5. The highest BCUT2D eigenvalue weighted by Gasteiger charge is 2.29. The minimum absolute atomic E-state index is 0.320. The van der Waals surface area contributed by atoms with Crippen LogP contribution in [0.25, 0.3) is 0 Å². The maximum absolute atomic E-state index is 6.38. The Morgan fingerprint density at radius 3 is 2.86 bits per heavy atom. The van der Waals surface area contributed by atoms with Gasteiger partial charge in [0.15, 0.2) is 0 Å². The van der Waals surface area contributed by atoms with Gasteiger partial charge >= 0.3 is 0 Å². The highest BCUT2D eigenvalue weighted by atomic mass is 35.5. The first-order valence-corrected chi connectivity index (χ1v) is 7.87. The van der Waals surface area contributed by atoms with Crippen molar-refractivity contribution in [3.63, 3.8) is 0 Å². The molecule has 21 heavy (non-hydrogen) atoms. The van der Waals surface area contributed by atoms with Gasteiger partial charge < -0.3 is 20.1 Å². The molecule has 0 aromatic heterocycles. The summed E-state index contributed by atoms with van der Waals surface area (Å²) in [5.74, 6) is 1.13. The zero-order valence-corrected chi connectivity index (χ0v) is 13.9. The number of methoxy groups -OCH3 is 2. The van der Waals surface area contributed by atoms with Crippen LogP contribution in [0.4, 0.5) is 0 Å². The van der Waals surface area contributed by atoms with E-state index in [4.69, 9.17) is 32.7 Å². The molecular formula is C15H22Cl2N2O2. The molecule has 1 heterocycles. The van der Waals surface area contributed by atoms with Crippen molar-refractivity contribution in [2.75, 3.05) is 40.5 Å². The molecule has 1 saturated heterocycles. The predicted molar refractivity (Wildman–Crippen MR) is 86.9 cm³/mol. The van der Waals surface area contributed by atoms with Crippen LogP contribution >= 0.6 is 23.2 Å². The van der Waals surface area contributed by atoms with Gasteiger partial charge in [-0.05, 0) is 18.6 Å². The SMILES string of the molecule is COCCNC[C@@H]1C[C@H](c2c(OC)ccc(Cl)c2Cl)CN1. The van der Waals surface area contributed by atoms with E-state index in [0.717, 1.165) is 44.0 Å². The Kier molecular flexibility index (Phi) is 6.58. The van der Waals surface area contributed by atoms with Crippen molar-refractivity contribution in [3.05, 3.63) is 27.7 Å². The molecular weight excluding hydrogens is 311 g/mol. The van der Waals surface area contributed by atoms with Gasteiger partial charge in [0.25, 0.3) is 0 Å². The monoisotopic (exact) mass is 332 g/mol. The maximum atomic E-state index is 6.38. The second-order valence-corrected chi connectivity index (χ2v) is 6.00. The molecule has 0 spiro atoms. The smallest absolute Gasteiger partial charge is 0.123 e. The zero-order chi connectivity index (χ0) is 15.2. The summed E-state index contributed by atoms with van der Waals surface area (Å²) in [7, 11) is 3.37. The largest absolute Gasteiger partial charge is 0.496 e. The maximum Gasteiger partial charge on any atom is 0.123 e. The summed E-state index contributed by atoms with van der Waals surface area (Å²) in [6.07, 6.45) is 1.01. The molecule has 0 aliphatic carbocycles. The molecule has 1 aliphatic rings. The number of hydrogen-bond donors (Lipinski definition) is 2. The standard InChI is InChI=1S/C15H22Cl2N2O2/c1-20-6-5-18-9-11-7-10(8-19-11)14-13(21-2)4-3-12(16)15(14)17/h3-4,10-11,18-19H,5-9H2,1-2H3/t10-,11-/m0/s1. The van der Waals surface area contributed by atoms with E-state index in [1.54, 1.807) is 20.3 Å². The third-order valence-corrected chi connectivity index (χ3v) is 4.64. The fraction of sp³-hybridized carbons (Fsp3) is 0.600. The fourth-order valence-electron chi connectivity index (χ4n) is 2.75. The molecule has 2 N–H and O–H groups in total. The first-order chi connectivity index (χ1) is 10.2. The Morgan fingerprint density at radius 1 is 1.33 bits per heavy atom. The molecule has 1 fully saturated rings. The second-order valence-electron chi connectivity index (χ2n) is 5.21. The van der Waals surface area contributed by atoms with Gasteiger partial charge in [-0.25, -0.2) is 0 Å². The molecule has 1 aliphatic heterocycles. The lowest BCUT2D eigenvalue weighted by Crippen LogP contribution is -2.35. The van der Waals surface area contributed by atoms with E-state index in [0.29, 0.717) is 22.0 Å². The average Bonchev–Trinajstić information content (AvgIpc) is 2.94. The van der Waals surface area contributed by atoms with Crippen molar-refractivity contribution in [2.24, 2.45) is 0 Å². The van der Waals surface area contributed by atoms with Gasteiger partial charge in [-0.3, -0.25) is 0 Å². The Morgan fingerprint density at radius 2 is 2.14 bits per heavy atom. The van der Waals surface area contributed by atoms with Crippen LogP contribution in [-0.2, 0) is 4.74 Å². The molecule has 2 rings (SSSR count). The first kappa shape index (κ1) is 16.8. The van der Waals surface area contributed by atoms with Crippen molar-refractivity contribution in [1.82, 2.24) is 10.6 Å². The number of hydrogen-bond acceptors (Lipinski definition) is 4. The number of nitrogens with one attached hydrogen (secondary N) is 2. The Labute approximate surface area is 136 Å². The van der Waals surface area contributed by atoms with Gasteiger partial charge in [0.05, 0.1) is 23.8 Å². The predicted octanol–water partition coefficient (Wildman–Crippen LogP) is 2.68. The van der Waals surface area contributed by atoms with Crippen LogP contribution in [0.2, 0.25) is 10.0 Å². The van der Waals surface area contributed by atoms with Crippen molar-refractivity contribution in [1.29, 1.82) is 0 Å². The second kappa shape index (κ2) is 8.20. The summed E-state index contributed by atoms with van der Waals surface area (Å²) in [5, 5.41) is 8.08. The van der Waals surface area contributed by atoms with Crippen molar-refractivity contribution in [3.8, 4) is 5.75 Å². The molecule has 2 atom stereocenters. The molecule has 6 heteroatoms. The fourth-order valence-corrected chi connectivity index (χ4v) is 3.23. The highest BCUT2D eigenvalue weighted by Crippen LogP contribution is 2.41. The number of benzene rings is 1. The van der Waals surface area contributed by atoms with Gasteiger partial charge in [0.1, 0.15) is 5.75 Å². The highest BCUT2D eigenvalue weighted by molar-refractivity contribution is 6.42. The molecule has 1 aromatic carbocycles. The van der Waals surface area contributed by atoms with Crippen molar-refractivity contribution >= 4 is 23.2 Å². The Balaban J connectivity index is 1.99. The molecule has 0 radical (unpaired) electrons. The molecule has 1 aromatic rings. The van der Waals surface area contributed by atoms with Crippen LogP contribution in [0.15, 0.2) is 12.1 Å². The third-order valence-electron chi connectivity index (χ3n) is 3.82. The van der Waals surface area contributed by atoms with Crippen molar-refractivity contribution < 1.29 is 9.47 Å². The summed E-state index contributed by atoms with van der Waals surface area (Å²) in [4.78, 5) is 0.